The van der Waals surface area contributed by atoms with Crippen molar-refractivity contribution in [2.45, 2.75) is 62.2 Å². The summed E-state index contributed by atoms with van der Waals surface area (Å²) < 4.78 is 12.7. The third kappa shape index (κ3) is 3.07. The van der Waals surface area contributed by atoms with E-state index >= 15 is 0 Å². The molecule has 2 aromatic rings. The number of aliphatic hydroxyl groups excluding tert-OH is 3. The van der Waals surface area contributed by atoms with Crippen LogP contribution in [0.5, 0.6) is 0 Å². The summed E-state index contributed by atoms with van der Waals surface area (Å²) in [5.41, 5.74) is 6.95. The van der Waals surface area contributed by atoms with Crippen LogP contribution in [0.4, 0.5) is 5.82 Å². The number of methoxy groups -OCH3 is 1. The molecule has 0 spiro atoms. The van der Waals surface area contributed by atoms with Gasteiger partial charge >= 0.3 is 0 Å². The van der Waals surface area contributed by atoms with Crippen LogP contribution in [-0.4, -0.2) is 73.0 Å². The van der Waals surface area contributed by atoms with Crippen LogP contribution in [0, 0.1) is 0 Å². The Hall–Kier alpha value is -1.85. The second kappa shape index (κ2) is 7.28. The Bertz CT molecular complexity index is 814. The average Bonchev–Trinajstić information content (AvgIpc) is 3.23. The fourth-order valence-electron chi connectivity index (χ4n) is 4.09. The van der Waals surface area contributed by atoms with E-state index in [1.807, 2.05) is 0 Å². The summed E-state index contributed by atoms with van der Waals surface area (Å²) in [5, 5.41) is 29.7. The quantitative estimate of drug-likeness (QED) is 0.561. The van der Waals surface area contributed by atoms with E-state index in [-0.39, 0.29) is 17.8 Å². The number of anilines is 1. The minimum absolute atomic E-state index is 0.0286. The molecule has 2 aromatic heterocycles. The molecule has 1 saturated carbocycles. The van der Waals surface area contributed by atoms with Gasteiger partial charge in [0.1, 0.15) is 29.7 Å². The van der Waals surface area contributed by atoms with Crippen molar-refractivity contribution in [1.82, 2.24) is 19.5 Å². The predicted molar refractivity (Wildman–Crippen MR) is 94.8 cm³/mol. The molecule has 2 fully saturated rings. The Labute approximate surface area is 156 Å². The molecule has 10 nitrogen and oxygen atoms in total. The summed E-state index contributed by atoms with van der Waals surface area (Å²) in [6.45, 7) is -0.401. The van der Waals surface area contributed by atoms with Gasteiger partial charge in [0, 0.05) is 13.0 Å². The average molecular weight is 379 g/mol. The van der Waals surface area contributed by atoms with Gasteiger partial charge in [-0.15, -0.1) is 0 Å². The van der Waals surface area contributed by atoms with E-state index in [0.29, 0.717) is 17.0 Å². The number of ether oxygens (including phenoxy) is 2. The van der Waals surface area contributed by atoms with Crippen LogP contribution >= 0.6 is 0 Å². The molecule has 1 aliphatic heterocycles. The van der Waals surface area contributed by atoms with Gasteiger partial charge in [-0.05, 0) is 12.8 Å². The van der Waals surface area contributed by atoms with Crippen molar-refractivity contribution in [3.8, 4) is 0 Å². The Kier molecular flexibility index (Phi) is 4.99. The summed E-state index contributed by atoms with van der Waals surface area (Å²) in [4.78, 5) is 13.4. The summed E-state index contributed by atoms with van der Waals surface area (Å²) in [5.74, 6) is 0.866. The van der Waals surface area contributed by atoms with E-state index in [9.17, 15) is 15.3 Å². The minimum Gasteiger partial charge on any atom is -0.394 e. The third-order valence-corrected chi connectivity index (χ3v) is 5.59. The van der Waals surface area contributed by atoms with Gasteiger partial charge in [0.15, 0.2) is 17.7 Å². The molecule has 27 heavy (non-hydrogen) atoms. The number of rotatable bonds is 4. The third-order valence-electron chi connectivity index (χ3n) is 5.59. The van der Waals surface area contributed by atoms with Crippen molar-refractivity contribution in [2.75, 3.05) is 19.5 Å². The predicted octanol–water partition coefficient (Wildman–Crippen LogP) is -0.307. The molecule has 4 rings (SSSR count). The molecule has 0 amide bonds. The summed E-state index contributed by atoms with van der Waals surface area (Å²) in [7, 11) is 1.69. The number of imidazole rings is 1. The van der Waals surface area contributed by atoms with Gasteiger partial charge in [-0.1, -0.05) is 12.8 Å². The highest BCUT2D eigenvalue weighted by atomic mass is 16.6. The lowest BCUT2D eigenvalue weighted by molar-refractivity contribution is -0.0511. The molecule has 5 N–H and O–H groups in total. The largest absolute Gasteiger partial charge is 0.394 e. The topological polar surface area (TPSA) is 149 Å². The van der Waals surface area contributed by atoms with Crippen molar-refractivity contribution < 1.29 is 24.8 Å². The Morgan fingerprint density at radius 1 is 1.26 bits per heavy atom. The van der Waals surface area contributed by atoms with Crippen LogP contribution in [0.1, 0.15) is 43.7 Å². The van der Waals surface area contributed by atoms with E-state index in [1.165, 1.54) is 10.9 Å². The van der Waals surface area contributed by atoms with E-state index in [2.05, 4.69) is 15.0 Å². The summed E-state index contributed by atoms with van der Waals surface area (Å²) in [6.07, 6.45) is 1.28. The maximum atomic E-state index is 10.3. The first-order valence-electron chi connectivity index (χ1n) is 9.20. The number of nitrogens with two attached hydrogens (primary N) is 1. The number of nitrogens with zero attached hydrogens (tertiary/aromatic N) is 4. The van der Waals surface area contributed by atoms with Crippen LogP contribution in [0.15, 0.2) is 6.33 Å². The molecule has 1 saturated heterocycles. The van der Waals surface area contributed by atoms with Gasteiger partial charge in [-0.2, -0.15) is 0 Å². The normalized spacial score (nSPS) is 34.4. The van der Waals surface area contributed by atoms with Crippen molar-refractivity contribution in [2.24, 2.45) is 0 Å². The first-order chi connectivity index (χ1) is 13.0. The van der Waals surface area contributed by atoms with Crippen molar-refractivity contribution >= 4 is 17.0 Å². The van der Waals surface area contributed by atoms with Crippen molar-refractivity contribution in [3.63, 3.8) is 0 Å². The molecular weight excluding hydrogens is 354 g/mol. The van der Waals surface area contributed by atoms with Crippen molar-refractivity contribution in [3.05, 3.63) is 12.2 Å². The number of fused-ring (bicyclic) bond motifs is 1. The van der Waals surface area contributed by atoms with E-state index in [4.69, 9.17) is 15.2 Å². The standard InChI is InChI=1S/C17H25N5O5/c1-26-9-5-3-2-4-8(9)15-20-14(18)11-16(21-15)22(7-19-11)17-13(25)12(24)10(6-23)27-17/h7-10,12-13,17,23-25H,2-6H2,1H3,(H2,18,20,21)/t8?,9?,10-,12?,13?,17-/m1/s1. The lowest BCUT2D eigenvalue weighted by Crippen LogP contribution is -2.33. The molecule has 2 aliphatic rings. The first kappa shape index (κ1) is 18.5. The van der Waals surface area contributed by atoms with Crippen LogP contribution in [-0.2, 0) is 9.47 Å². The molecule has 10 heteroatoms. The second-order valence-electron chi connectivity index (χ2n) is 7.19. The molecule has 0 bridgehead atoms. The smallest absolute Gasteiger partial charge is 0.167 e. The van der Waals surface area contributed by atoms with Gasteiger partial charge < -0.3 is 30.5 Å². The van der Waals surface area contributed by atoms with Crippen LogP contribution in [0.25, 0.3) is 11.2 Å². The zero-order valence-corrected chi connectivity index (χ0v) is 15.1. The highest BCUT2D eigenvalue weighted by Crippen LogP contribution is 2.36. The molecule has 3 heterocycles. The zero-order chi connectivity index (χ0) is 19.1. The van der Waals surface area contributed by atoms with E-state index < -0.39 is 31.1 Å². The highest BCUT2D eigenvalue weighted by molar-refractivity contribution is 5.81. The molecule has 0 radical (unpaired) electrons. The van der Waals surface area contributed by atoms with E-state index in [1.54, 1.807) is 7.11 Å². The number of hydrogen-bond donors (Lipinski definition) is 4. The van der Waals surface area contributed by atoms with Gasteiger partial charge in [0.2, 0.25) is 0 Å². The molecule has 0 aromatic carbocycles. The minimum atomic E-state index is -1.22. The number of aromatic nitrogens is 4. The Morgan fingerprint density at radius 2 is 2.04 bits per heavy atom. The van der Waals surface area contributed by atoms with Crippen LogP contribution in [0.3, 0.4) is 0 Å². The lowest BCUT2D eigenvalue weighted by atomic mass is 9.86. The van der Waals surface area contributed by atoms with Gasteiger partial charge in [0.05, 0.1) is 19.0 Å². The number of nitrogen functional groups attached to an aromatic ring is 1. The van der Waals surface area contributed by atoms with Gasteiger partial charge in [-0.3, -0.25) is 4.57 Å². The molecular formula is C17H25N5O5. The highest BCUT2D eigenvalue weighted by Gasteiger charge is 2.44. The number of aliphatic hydroxyl groups is 3. The lowest BCUT2D eigenvalue weighted by Gasteiger charge is -2.29. The fraction of sp³-hybridized carbons (Fsp3) is 0.706. The summed E-state index contributed by atoms with van der Waals surface area (Å²) >= 11 is 0. The first-order valence-corrected chi connectivity index (χ1v) is 9.20. The summed E-state index contributed by atoms with van der Waals surface area (Å²) in [6, 6.07) is 0. The monoisotopic (exact) mass is 379 g/mol. The van der Waals surface area contributed by atoms with Gasteiger partial charge in [-0.25, -0.2) is 15.0 Å². The zero-order valence-electron chi connectivity index (χ0n) is 15.1. The molecule has 6 atom stereocenters. The Morgan fingerprint density at radius 3 is 2.74 bits per heavy atom. The Balaban J connectivity index is 1.75. The van der Waals surface area contributed by atoms with Gasteiger partial charge in [0.25, 0.3) is 0 Å². The SMILES string of the molecule is COC1CCCCC1c1nc(N)c2ncn([C@@H]3O[C@H](CO)C(O)C3O)c2n1. The fourth-order valence-corrected chi connectivity index (χ4v) is 4.09. The van der Waals surface area contributed by atoms with Crippen molar-refractivity contribution in [1.29, 1.82) is 0 Å². The maximum absolute atomic E-state index is 10.3. The maximum Gasteiger partial charge on any atom is 0.167 e. The van der Waals surface area contributed by atoms with E-state index in [0.717, 1.165) is 25.7 Å². The molecule has 4 unspecified atom stereocenters. The van der Waals surface area contributed by atoms with Crippen LogP contribution in [0.2, 0.25) is 0 Å². The second-order valence-corrected chi connectivity index (χ2v) is 7.19. The number of hydrogen-bond acceptors (Lipinski definition) is 9. The molecule has 148 valence electrons. The molecule has 1 aliphatic carbocycles. The van der Waals surface area contributed by atoms with Crippen LogP contribution < -0.4 is 5.73 Å².